The fraction of sp³-hybridized carbons (Fsp3) is 0.364. The average Bonchev–Trinajstić information content (AvgIpc) is 3.47. The number of hydrogen-bond acceptors (Lipinski definition) is 6. The minimum atomic E-state index is -0.381. The summed E-state index contributed by atoms with van der Waals surface area (Å²) in [5, 5.41) is 10.6. The van der Waals surface area contributed by atoms with Crippen LogP contribution in [0.5, 0.6) is 5.75 Å². The van der Waals surface area contributed by atoms with Gasteiger partial charge < -0.3 is 29.1 Å². The molecule has 0 atom stereocenters. The number of benzene rings is 2. The fourth-order valence-corrected chi connectivity index (χ4v) is 4.38. The summed E-state index contributed by atoms with van der Waals surface area (Å²) in [7, 11) is 0. The third kappa shape index (κ3) is 8.25. The van der Waals surface area contributed by atoms with E-state index in [1.54, 1.807) is 35.3 Å². The zero-order chi connectivity index (χ0) is 30.6. The van der Waals surface area contributed by atoms with Crippen LogP contribution in [0.3, 0.4) is 0 Å². The number of rotatable bonds is 5. The molecule has 42 heavy (non-hydrogen) atoms. The van der Waals surface area contributed by atoms with E-state index < -0.39 is 0 Å². The third-order valence-electron chi connectivity index (χ3n) is 6.71. The number of para-hydroxylation sites is 1. The molecule has 0 bridgehead atoms. The summed E-state index contributed by atoms with van der Waals surface area (Å²) < 4.78 is 16.5. The van der Waals surface area contributed by atoms with Gasteiger partial charge in [-0.1, -0.05) is 50.8 Å². The van der Waals surface area contributed by atoms with Gasteiger partial charge in [-0.25, -0.2) is 14.8 Å². The Labute approximate surface area is 249 Å². The molecule has 2 aliphatic rings. The maximum Gasteiger partial charge on any atom is 0.410 e. The molecule has 2 saturated heterocycles. The number of allylic oxidation sites excluding steroid dienone is 2. The number of carbonyl (C=O) groups is 1. The van der Waals surface area contributed by atoms with E-state index in [9.17, 15) is 9.90 Å². The maximum atomic E-state index is 12.7. The second-order valence-electron chi connectivity index (χ2n) is 9.71. The van der Waals surface area contributed by atoms with E-state index in [2.05, 4.69) is 11.5 Å². The Bertz CT molecular complexity index is 1380. The van der Waals surface area contributed by atoms with Crippen molar-refractivity contribution in [1.29, 1.82) is 0 Å². The molecule has 0 aliphatic carbocycles. The van der Waals surface area contributed by atoms with Crippen LogP contribution in [0.25, 0.3) is 0 Å². The zero-order valence-electron chi connectivity index (χ0n) is 25.5. The summed E-state index contributed by atoms with van der Waals surface area (Å²) >= 11 is 0. The molecule has 2 aromatic rings. The molecule has 9 nitrogen and oxygen atoms in total. The Morgan fingerprint density at radius 2 is 1.74 bits per heavy atom. The number of nitrogens with zero attached hydrogens (tertiary/aromatic N) is 4. The van der Waals surface area contributed by atoms with Gasteiger partial charge in [0.05, 0.1) is 11.3 Å². The van der Waals surface area contributed by atoms with E-state index in [0.29, 0.717) is 49.1 Å². The van der Waals surface area contributed by atoms with Crippen molar-refractivity contribution in [2.45, 2.75) is 41.5 Å². The van der Waals surface area contributed by atoms with Crippen molar-refractivity contribution >= 4 is 23.5 Å². The summed E-state index contributed by atoms with van der Waals surface area (Å²) in [5.41, 5.74) is 4.23. The minimum absolute atomic E-state index is 0.103. The zero-order valence-corrected chi connectivity index (χ0v) is 25.5. The number of amidine groups is 2. The number of aryl methyl sites for hydroxylation is 2. The highest BCUT2D eigenvalue weighted by atomic mass is 16.7. The molecule has 0 aromatic heterocycles. The first-order chi connectivity index (χ1) is 20.3. The van der Waals surface area contributed by atoms with Gasteiger partial charge >= 0.3 is 6.09 Å². The molecular weight excluding hydrogens is 532 g/mol. The van der Waals surface area contributed by atoms with Gasteiger partial charge in [-0.2, -0.15) is 0 Å². The van der Waals surface area contributed by atoms with Crippen LogP contribution >= 0.6 is 0 Å². The van der Waals surface area contributed by atoms with E-state index in [-0.39, 0.29) is 25.2 Å². The van der Waals surface area contributed by atoms with Gasteiger partial charge in [-0.15, -0.1) is 0 Å². The monoisotopic (exact) mass is 574 g/mol. The van der Waals surface area contributed by atoms with Crippen molar-refractivity contribution in [2.24, 2.45) is 9.98 Å². The van der Waals surface area contributed by atoms with Crippen molar-refractivity contribution in [3.05, 3.63) is 95.0 Å². The number of hydrogen-bond donors (Lipinski definition) is 1. The van der Waals surface area contributed by atoms with Crippen LogP contribution in [0.2, 0.25) is 0 Å². The minimum Gasteiger partial charge on any atom is -0.507 e. The topological polar surface area (TPSA) is 96.2 Å². The molecule has 2 aromatic carbocycles. The highest BCUT2D eigenvalue weighted by Crippen LogP contribution is 2.26. The predicted molar refractivity (Wildman–Crippen MR) is 167 cm³/mol. The van der Waals surface area contributed by atoms with Gasteiger partial charge in [0.15, 0.2) is 17.4 Å². The van der Waals surface area contributed by atoms with E-state index in [1.165, 1.54) is 0 Å². The lowest BCUT2D eigenvalue weighted by Crippen LogP contribution is -2.50. The lowest BCUT2D eigenvalue weighted by molar-refractivity contribution is 0.0889. The molecule has 0 saturated carbocycles. The summed E-state index contributed by atoms with van der Waals surface area (Å²) in [4.78, 5) is 26.2. The first-order valence-electron chi connectivity index (χ1n) is 14.2. The SMILES string of the molecule is C=C/C=C1/OCO/C1=C(/C)COC(=O)N1CCN(C(C)=NC(=Nc2cc(C)ccc2C)c2ccccc2O)CC1.CC. The first kappa shape index (κ1) is 32.0. The molecule has 1 N–H and O–H groups in total. The van der Waals surface area contributed by atoms with Crippen LogP contribution in [-0.4, -0.2) is 72.2 Å². The number of amides is 1. The third-order valence-corrected chi connectivity index (χ3v) is 6.71. The maximum absolute atomic E-state index is 12.7. The first-order valence-corrected chi connectivity index (χ1v) is 14.2. The Kier molecular flexibility index (Phi) is 11.8. The largest absolute Gasteiger partial charge is 0.507 e. The predicted octanol–water partition coefficient (Wildman–Crippen LogP) is 6.63. The summed E-state index contributed by atoms with van der Waals surface area (Å²) in [5.74, 6) is 2.45. The smallest absolute Gasteiger partial charge is 0.410 e. The van der Waals surface area contributed by atoms with E-state index in [0.717, 1.165) is 28.2 Å². The number of ether oxygens (including phenoxy) is 3. The van der Waals surface area contributed by atoms with E-state index in [4.69, 9.17) is 24.2 Å². The van der Waals surface area contributed by atoms with E-state index in [1.807, 2.05) is 65.8 Å². The number of phenolic OH excluding ortho intramolecular Hbond substituents is 1. The molecule has 2 heterocycles. The normalized spacial score (nSPS) is 17.6. The van der Waals surface area contributed by atoms with Crippen LogP contribution in [0, 0.1) is 13.8 Å². The second kappa shape index (κ2) is 15.5. The van der Waals surface area contributed by atoms with Crippen molar-refractivity contribution in [3.8, 4) is 5.75 Å². The van der Waals surface area contributed by atoms with Crippen LogP contribution in [0.4, 0.5) is 10.5 Å². The van der Waals surface area contributed by atoms with Crippen LogP contribution in [0.1, 0.15) is 44.4 Å². The molecule has 0 unspecified atom stereocenters. The number of phenols is 1. The molecular formula is C33H42N4O5. The van der Waals surface area contributed by atoms with Crippen molar-refractivity contribution in [1.82, 2.24) is 9.80 Å². The Morgan fingerprint density at radius 3 is 2.43 bits per heavy atom. The van der Waals surface area contributed by atoms with Crippen molar-refractivity contribution in [3.63, 3.8) is 0 Å². The highest BCUT2D eigenvalue weighted by Gasteiger charge is 2.25. The van der Waals surface area contributed by atoms with Crippen molar-refractivity contribution in [2.75, 3.05) is 39.6 Å². The molecule has 0 radical (unpaired) electrons. The lowest BCUT2D eigenvalue weighted by atomic mass is 10.1. The van der Waals surface area contributed by atoms with Crippen LogP contribution in [-0.2, 0) is 14.2 Å². The summed E-state index contributed by atoms with van der Waals surface area (Å²) in [6.45, 7) is 17.8. The highest BCUT2D eigenvalue weighted by molar-refractivity contribution is 6.08. The molecule has 224 valence electrons. The van der Waals surface area contributed by atoms with Gasteiger partial charge in [0.2, 0.25) is 6.79 Å². The van der Waals surface area contributed by atoms with Gasteiger partial charge in [0, 0.05) is 31.8 Å². The number of carbonyl (C=O) groups excluding carboxylic acids is 1. The van der Waals surface area contributed by atoms with Gasteiger partial charge in [0.1, 0.15) is 18.2 Å². The molecule has 1 amide bonds. The van der Waals surface area contributed by atoms with Crippen LogP contribution in [0.15, 0.2) is 88.3 Å². The van der Waals surface area contributed by atoms with E-state index >= 15 is 0 Å². The number of piperazine rings is 1. The summed E-state index contributed by atoms with van der Waals surface area (Å²) in [6, 6.07) is 13.1. The molecule has 4 rings (SSSR count). The number of aromatic hydroxyl groups is 1. The Hall–Kier alpha value is -4.53. The van der Waals surface area contributed by atoms with Crippen molar-refractivity contribution < 1.29 is 24.1 Å². The fourth-order valence-electron chi connectivity index (χ4n) is 4.38. The van der Waals surface area contributed by atoms with Gasteiger partial charge in [0.25, 0.3) is 0 Å². The molecule has 0 spiro atoms. The van der Waals surface area contributed by atoms with Gasteiger partial charge in [-0.3, -0.25) is 0 Å². The van der Waals surface area contributed by atoms with Gasteiger partial charge in [-0.05, 0) is 63.1 Å². The van der Waals surface area contributed by atoms with Crippen LogP contribution < -0.4 is 0 Å². The molecule has 9 heteroatoms. The molecule has 2 fully saturated rings. The standard InChI is InChI=1S/C31H36N4O5.C2H6/c1-6-9-28-29(40-20-39-28)23(4)19-38-31(37)35-16-14-34(15-17-35)24(5)32-30(25-10-7-8-11-27(25)36)33-26-18-21(2)12-13-22(26)3;1-2/h6-13,18,36H,1,14-17,19-20H2,2-5H3;1-2H3/b28-9+,29-23-,32-24?,33-30?;. The Morgan fingerprint density at radius 1 is 1.05 bits per heavy atom. The lowest BCUT2D eigenvalue weighted by Gasteiger charge is -2.35. The Balaban J connectivity index is 0.00000237. The second-order valence-corrected chi connectivity index (χ2v) is 9.71. The average molecular weight is 575 g/mol. The quantitative estimate of drug-likeness (QED) is 0.318. The number of aliphatic imine (C=N–C) groups is 2. The summed E-state index contributed by atoms with van der Waals surface area (Å²) in [6.07, 6.45) is 2.96. The molecule has 2 aliphatic heterocycles.